The molecular formula is C24H50O8. The number of carboxylic acids is 3. The molecule has 194 valence electrons. The van der Waals surface area contributed by atoms with Crippen LogP contribution in [0, 0.1) is 0 Å². The van der Waals surface area contributed by atoms with Gasteiger partial charge in [-0.05, 0) is 6.42 Å². The number of carbonyl (C=O) groups is 3. The minimum atomic E-state index is -0.833. The van der Waals surface area contributed by atoms with Gasteiger partial charge < -0.3 is 25.5 Å². The van der Waals surface area contributed by atoms with Gasteiger partial charge in [0.15, 0.2) is 0 Å². The van der Waals surface area contributed by atoms with E-state index >= 15 is 0 Å². The lowest BCUT2D eigenvalue weighted by Crippen LogP contribution is -1.93. The summed E-state index contributed by atoms with van der Waals surface area (Å²) in [6.45, 7) is 4.19. The van der Waals surface area contributed by atoms with E-state index in [4.69, 9.17) is 35.1 Å². The van der Waals surface area contributed by atoms with Crippen molar-refractivity contribution >= 4 is 17.9 Å². The highest BCUT2D eigenvalue weighted by atomic mass is 16.4. The second-order valence-corrected chi connectivity index (χ2v) is 7.58. The Kier molecular flexibility index (Phi) is 43.1. The SMILES string of the molecule is CC(=O)O.CC(=O)O.CCCCCCCCCCCCCCCCCC(=O)O.OCCO. The average Bonchev–Trinajstić information content (AvgIpc) is 2.70. The van der Waals surface area contributed by atoms with E-state index in [1.807, 2.05) is 0 Å². The van der Waals surface area contributed by atoms with E-state index in [0.29, 0.717) is 6.42 Å². The number of carboxylic acid groups (broad SMARTS) is 3. The molecule has 8 heteroatoms. The van der Waals surface area contributed by atoms with Gasteiger partial charge in [-0.2, -0.15) is 0 Å². The van der Waals surface area contributed by atoms with Crippen molar-refractivity contribution < 1.29 is 39.9 Å². The lowest BCUT2D eigenvalue weighted by atomic mass is 10.0. The van der Waals surface area contributed by atoms with E-state index in [9.17, 15) is 4.79 Å². The van der Waals surface area contributed by atoms with E-state index in [-0.39, 0.29) is 13.2 Å². The first kappa shape index (κ1) is 37.6. The highest BCUT2D eigenvalue weighted by Crippen LogP contribution is 2.13. The lowest BCUT2D eigenvalue weighted by molar-refractivity contribution is -0.137. The number of aliphatic carboxylic acids is 3. The van der Waals surface area contributed by atoms with Crippen LogP contribution in [0.15, 0.2) is 0 Å². The van der Waals surface area contributed by atoms with Gasteiger partial charge in [0.05, 0.1) is 13.2 Å². The van der Waals surface area contributed by atoms with E-state index in [1.54, 1.807) is 0 Å². The molecule has 0 unspecified atom stereocenters. The molecule has 0 atom stereocenters. The van der Waals surface area contributed by atoms with Gasteiger partial charge in [-0.25, -0.2) is 0 Å². The molecule has 0 fully saturated rings. The fourth-order valence-electron chi connectivity index (χ4n) is 2.65. The molecule has 0 aliphatic carbocycles. The average molecular weight is 467 g/mol. The van der Waals surface area contributed by atoms with Gasteiger partial charge in [-0.3, -0.25) is 14.4 Å². The molecule has 0 radical (unpaired) electrons. The number of unbranched alkanes of at least 4 members (excludes halogenated alkanes) is 14. The van der Waals surface area contributed by atoms with Gasteiger partial charge >= 0.3 is 5.97 Å². The van der Waals surface area contributed by atoms with Gasteiger partial charge in [0, 0.05) is 20.3 Å². The third-order valence-corrected chi connectivity index (χ3v) is 4.09. The molecule has 0 amide bonds. The number of aliphatic hydroxyl groups excluding tert-OH is 2. The zero-order valence-corrected chi connectivity index (χ0v) is 20.7. The van der Waals surface area contributed by atoms with Crippen molar-refractivity contribution in [2.75, 3.05) is 13.2 Å². The summed E-state index contributed by atoms with van der Waals surface area (Å²) >= 11 is 0. The minimum absolute atomic E-state index is 0.125. The summed E-state index contributed by atoms with van der Waals surface area (Å²) in [5.74, 6) is -2.32. The molecule has 0 aromatic heterocycles. The summed E-state index contributed by atoms with van der Waals surface area (Å²) in [6, 6.07) is 0. The fraction of sp³-hybridized carbons (Fsp3) is 0.875. The Labute approximate surface area is 195 Å². The molecule has 0 aliphatic rings. The third kappa shape index (κ3) is 79.4. The Balaban J connectivity index is -0.000000267. The van der Waals surface area contributed by atoms with Gasteiger partial charge in [-0.1, -0.05) is 96.8 Å². The maximum atomic E-state index is 10.3. The Bertz CT molecular complexity index is 364. The highest BCUT2D eigenvalue weighted by Gasteiger charge is 1.97. The van der Waals surface area contributed by atoms with Crippen molar-refractivity contribution in [1.82, 2.24) is 0 Å². The molecule has 0 aromatic rings. The third-order valence-electron chi connectivity index (χ3n) is 4.09. The molecule has 0 rings (SSSR count). The topological polar surface area (TPSA) is 152 Å². The van der Waals surface area contributed by atoms with Crippen LogP contribution in [-0.2, 0) is 14.4 Å². The summed E-state index contributed by atoms with van der Waals surface area (Å²) in [5.41, 5.74) is 0. The van der Waals surface area contributed by atoms with Crippen LogP contribution in [0.5, 0.6) is 0 Å². The quantitative estimate of drug-likeness (QED) is 0.176. The fourth-order valence-corrected chi connectivity index (χ4v) is 2.65. The summed E-state index contributed by atoms with van der Waals surface area (Å²) in [6.07, 6.45) is 20.2. The van der Waals surface area contributed by atoms with E-state index in [0.717, 1.165) is 26.7 Å². The first-order chi connectivity index (χ1) is 15.1. The lowest BCUT2D eigenvalue weighted by Gasteiger charge is -2.03. The van der Waals surface area contributed by atoms with Crippen LogP contribution in [0.1, 0.15) is 124 Å². The molecule has 0 bridgehead atoms. The number of rotatable bonds is 17. The Morgan fingerprint density at radius 3 is 0.906 bits per heavy atom. The number of hydrogen-bond donors (Lipinski definition) is 5. The molecule has 5 N–H and O–H groups in total. The maximum absolute atomic E-state index is 10.3. The highest BCUT2D eigenvalue weighted by molar-refractivity contribution is 5.66. The molecule has 0 spiro atoms. The van der Waals surface area contributed by atoms with Crippen LogP contribution in [0.4, 0.5) is 0 Å². The van der Waals surface area contributed by atoms with E-state index in [1.165, 1.54) is 83.5 Å². The van der Waals surface area contributed by atoms with Crippen LogP contribution in [-0.4, -0.2) is 56.7 Å². The maximum Gasteiger partial charge on any atom is 0.303 e. The van der Waals surface area contributed by atoms with Gasteiger partial charge in [0.25, 0.3) is 11.9 Å². The number of hydrogen-bond acceptors (Lipinski definition) is 5. The molecule has 32 heavy (non-hydrogen) atoms. The van der Waals surface area contributed by atoms with Crippen molar-refractivity contribution in [2.24, 2.45) is 0 Å². The van der Waals surface area contributed by atoms with Crippen LogP contribution >= 0.6 is 0 Å². The van der Waals surface area contributed by atoms with Crippen LogP contribution < -0.4 is 0 Å². The summed E-state index contributed by atoms with van der Waals surface area (Å²) < 4.78 is 0. The van der Waals surface area contributed by atoms with Crippen molar-refractivity contribution in [2.45, 2.75) is 124 Å². The van der Waals surface area contributed by atoms with Gasteiger partial charge in [0.1, 0.15) is 0 Å². The van der Waals surface area contributed by atoms with Crippen molar-refractivity contribution in [3.8, 4) is 0 Å². The monoisotopic (exact) mass is 466 g/mol. The first-order valence-electron chi connectivity index (χ1n) is 12.0. The summed E-state index contributed by atoms with van der Waals surface area (Å²) in [5, 5.41) is 38.6. The minimum Gasteiger partial charge on any atom is -0.481 e. The second-order valence-electron chi connectivity index (χ2n) is 7.58. The smallest absolute Gasteiger partial charge is 0.303 e. The molecular weight excluding hydrogens is 416 g/mol. The van der Waals surface area contributed by atoms with Crippen molar-refractivity contribution in [3.05, 3.63) is 0 Å². The number of aliphatic hydroxyl groups is 2. The zero-order chi connectivity index (χ0) is 25.5. The molecule has 0 saturated heterocycles. The second kappa shape index (κ2) is 36.7. The molecule has 0 aliphatic heterocycles. The molecule has 0 aromatic carbocycles. The largest absolute Gasteiger partial charge is 0.481 e. The van der Waals surface area contributed by atoms with E-state index < -0.39 is 17.9 Å². The summed E-state index contributed by atoms with van der Waals surface area (Å²) in [7, 11) is 0. The Morgan fingerprint density at radius 1 is 0.500 bits per heavy atom. The predicted molar refractivity (Wildman–Crippen MR) is 128 cm³/mol. The first-order valence-corrected chi connectivity index (χ1v) is 12.0. The van der Waals surface area contributed by atoms with E-state index in [2.05, 4.69) is 6.92 Å². The Hall–Kier alpha value is -1.67. The van der Waals surface area contributed by atoms with Crippen LogP contribution in [0.2, 0.25) is 0 Å². The molecule has 0 saturated carbocycles. The zero-order valence-electron chi connectivity index (χ0n) is 20.7. The van der Waals surface area contributed by atoms with Gasteiger partial charge in [-0.15, -0.1) is 0 Å². The summed E-state index contributed by atoms with van der Waals surface area (Å²) in [4.78, 5) is 28.3. The normalized spacial score (nSPS) is 9.28. The molecule has 0 heterocycles. The predicted octanol–water partition coefficient (Wildman–Crippen LogP) is 5.49. The van der Waals surface area contributed by atoms with Crippen molar-refractivity contribution in [3.63, 3.8) is 0 Å². The Morgan fingerprint density at radius 2 is 0.719 bits per heavy atom. The van der Waals surface area contributed by atoms with Crippen LogP contribution in [0.25, 0.3) is 0 Å². The van der Waals surface area contributed by atoms with Crippen molar-refractivity contribution in [1.29, 1.82) is 0 Å². The molecule has 8 nitrogen and oxygen atoms in total. The van der Waals surface area contributed by atoms with Gasteiger partial charge in [0.2, 0.25) is 0 Å². The standard InChI is InChI=1S/C18H36O2.2C2H4O2.C2H6O2/c1-2-3-4-5-6-7-8-9-10-11-12-13-14-15-16-17-18(19)20;2*1-2(3)4;3-1-2-4/h2-17H2,1H3,(H,19,20);2*1H3,(H,3,4);3-4H,1-2H2. The van der Waals surface area contributed by atoms with Crippen LogP contribution in [0.3, 0.4) is 0 Å².